The molecule has 2 unspecified atom stereocenters. The van der Waals surface area contributed by atoms with Crippen LogP contribution in [-0.4, -0.2) is 32.5 Å². The van der Waals surface area contributed by atoms with Crippen LogP contribution < -0.4 is 23.7 Å². The lowest BCUT2D eigenvalue weighted by atomic mass is 10.0. The molecule has 0 amide bonds. The molecule has 0 bridgehead atoms. The first-order valence-electron chi connectivity index (χ1n) is 8.65. The molecule has 0 saturated heterocycles. The lowest BCUT2D eigenvalue weighted by Crippen LogP contribution is -2.31. The number of rotatable bonds is 5. The van der Waals surface area contributed by atoms with Gasteiger partial charge in [-0.1, -0.05) is 12.2 Å². The molecule has 0 spiro atoms. The maximum atomic E-state index is 10.2. The second-order valence-electron chi connectivity index (χ2n) is 6.19. The molecule has 0 radical (unpaired) electrons. The number of aromatic hydroxyl groups is 1. The van der Waals surface area contributed by atoms with Crippen LogP contribution in [0.15, 0.2) is 30.3 Å². The van der Waals surface area contributed by atoms with Gasteiger partial charge < -0.3 is 28.8 Å². The van der Waals surface area contributed by atoms with Crippen LogP contribution in [0.2, 0.25) is 0 Å². The number of hydrogen-bond donors (Lipinski definition) is 1. The summed E-state index contributed by atoms with van der Waals surface area (Å²) < 4.78 is 28.4. The first kappa shape index (κ1) is 18.8. The fourth-order valence-corrected chi connectivity index (χ4v) is 3.14. The number of ether oxygens (including phenoxy) is 5. The van der Waals surface area contributed by atoms with E-state index in [1.54, 1.807) is 19.2 Å². The molecule has 1 aliphatic heterocycles. The molecule has 144 valence electrons. The van der Waals surface area contributed by atoms with Gasteiger partial charge in [-0.05, 0) is 43.7 Å². The van der Waals surface area contributed by atoms with Crippen molar-refractivity contribution < 1.29 is 28.8 Å². The third kappa shape index (κ3) is 3.47. The number of phenolic OH excluding ortho intramolecular Hbond substituents is 1. The van der Waals surface area contributed by atoms with Crippen LogP contribution in [0.1, 0.15) is 31.1 Å². The molecule has 3 rings (SSSR count). The first-order chi connectivity index (χ1) is 13.0. The van der Waals surface area contributed by atoms with Crippen LogP contribution in [-0.2, 0) is 0 Å². The molecule has 1 N–H and O–H groups in total. The fourth-order valence-electron chi connectivity index (χ4n) is 3.14. The van der Waals surface area contributed by atoms with Gasteiger partial charge in [-0.25, -0.2) is 0 Å². The summed E-state index contributed by atoms with van der Waals surface area (Å²) in [6, 6.07) is 7.26. The fraction of sp³-hybridized carbons (Fsp3) is 0.333. The smallest absolute Gasteiger partial charge is 0.204 e. The van der Waals surface area contributed by atoms with Crippen molar-refractivity contribution in [2.24, 2.45) is 0 Å². The lowest BCUT2D eigenvalue weighted by molar-refractivity contribution is 0.0279. The average molecular weight is 372 g/mol. The Morgan fingerprint density at radius 1 is 0.926 bits per heavy atom. The van der Waals surface area contributed by atoms with Gasteiger partial charge >= 0.3 is 0 Å². The van der Waals surface area contributed by atoms with E-state index in [9.17, 15) is 5.11 Å². The number of allylic oxidation sites excluding steroid dienone is 1. The van der Waals surface area contributed by atoms with Crippen LogP contribution in [0.5, 0.6) is 34.5 Å². The molecule has 27 heavy (non-hydrogen) atoms. The molecule has 0 aromatic heterocycles. The van der Waals surface area contributed by atoms with Crippen molar-refractivity contribution in [3.8, 4) is 34.5 Å². The number of benzene rings is 2. The van der Waals surface area contributed by atoms with Gasteiger partial charge in [0.2, 0.25) is 11.5 Å². The molecule has 0 saturated carbocycles. The normalized spacial score (nSPS) is 18.4. The van der Waals surface area contributed by atoms with Crippen LogP contribution in [0.25, 0.3) is 6.08 Å². The summed E-state index contributed by atoms with van der Waals surface area (Å²) in [6.45, 7) is 3.86. The number of methoxy groups -OCH3 is 3. The maximum absolute atomic E-state index is 10.2. The molecule has 1 aliphatic rings. The Balaban J connectivity index is 2.05. The van der Waals surface area contributed by atoms with Gasteiger partial charge in [-0.3, -0.25) is 0 Å². The van der Waals surface area contributed by atoms with E-state index in [1.807, 2.05) is 38.1 Å². The van der Waals surface area contributed by atoms with Crippen molar-refractivity contribution >= 4 is 6.08 Å². The minimum atomic E-state index is -0.411. The zero-order valence-corrected chi connectivity index (χ0v) is 16.1. The standard InChI is InChI=1S/C21H24O6/c1-6-7-13-8-17(25-5)21-18(9-13)27-20(12(2)26-21)14-10-15(23-3)19(22)16(11-14)24-4/h6-12,20,22H,1-5H3. The predicted molar refractivity (Wildman–Crippen MR) is 102 cm³/mol. The molecular weight excluding hydrogens is 348 g/mol. The van der Waals surface area contributed by atoms with Crippen molar-refractivity contribution in [1.29, 1.82) is 0 Å². The molecule has 0 aliphatic carbocycles. The van der Waals surface area contributed by atoms with Crippen molar-refractivity contribution in [2.45, 2.75) is 26.1 Å². The highest BCUT2D eigenvalue weighted by Gasteiger charge is 2.33. The summed E-state index contributed by atoms with van der Waals surface area (Å²) >= 11 is 0. The minimum absolute atomic E-state index is 0.0504. The van der Waals surface area contributed by atoms with Crippen molar-refractivity contribution in [3.63, 3.8) is 0 Å². The van der Waals surface area contributed by atoms with E-state index in [0.29, 0.717) is 28.7 Å². The van der Waals surface area contributed by atoms with E-state index in [0.717, 1.165) is 11.1 Å². The van der Waals surface area contributed by atoms with Gasteiger partial charge in [-0.2, -0.15) is 0 Å². The van der Waals surface area contributed by atoms with E-state index in [1.165, 1.54) is 14.2 Å². The Kier molecular flexibility index (Phi) is 5.35. The van der Waals surface area contributed by atoms with Gasteiger partial charge in [-0.15, -0.1) is 0 Å². The monoisotopic (exact) mass is 372 g/mol. The molecule has 2 aromatic carbocycles. The number of fused-ring (bicyclic) bond motifs is 1. The minimum Gasteiger partial charge on any atom is -0.502 e. The third-order valence-electron chi connectivity index (χ3n) is 4.44. The molecule has 6 nitrogen and oxygen atoms in total. The Labute approximate surface area is 158 Å². The van der Waals surface area contributed by atoms with Crippen LogP contribution >= 0.6 is 0 Å². The van der Waals surface area contributed by atoms with Crippen LogP contribution in [0, 0.1) is 0 Å². The van der Waals surface area contributed by atoms with Crippen molar-refractivity contribution in [1.82, 2.24) is 0 Å². The Morgan fingerprint density at radius 3 is 2.11 bits per heavy atom. The third-order valence-corrected chi connectivity index (χ3v) is 4.44. The average Bonchev–Trinajstić information content (AvgIpc) is 2.67. The lowest BCUT2D eigenvalue weighted by Gasteiger charge is -2.33. The van der Waals surface area contributed by atoms with Gasteiger partial charge in [0.15, 0.2) is 29.1 Å². The summed E-state index contributed by atoms with van der Waals surface area (Å²) in [5, 5.41) is 10.2. The van der Waals surface area contributed by atoms with E-state index >= 15 is 0 Å². The topological polar surface area (TPSA) is 66.4 Å². The zero-order chi connectivity index (χ0) is 19.6. The zero-order valence-electron chi connectivity index (χ0n) is 16.1. The molecule has 2 aromatic rings. The molecule has 0 fully saturated rings. The molecular formula is C21H24O6. The molecule has 2 atom stereocenters. The van der Waals surface area contributed by atoms with E-state index < -0.39 is 6.10 Å². The number of hydrogen-bond acceptors (Lipinski definition) is 6. The highest BCUT2D eigenvalue weighted by molar-refractivity contribution is 5.63. The Morgan fingerprint density at radius 2 is 1.56 bits per heavy atom. The van der Waals surface area contributed by atoms with E-state index in [4.69, 9.17) is 23.7 Å². The molecule has 1 heterocycles. The van der Waals surface area contributed by atoms with Crippen molar-refractivity contribution in [2.75, 3.05) is 21.3 Å². The van der Waals surface area contributed by atoms with Crippen molar-refractivity contribution in [3.05, 3.63) is 41.5 Å². The summed E-state index contributed by atoms with van der Waals surface area (Å²) in [4.78, 5) is 0. The number of phenols is 1. The highest BCUT2D eigenvalue weighted by atomic mass is 16.6. The second kappa shape index (κ2) is 7.70. The van der Waals surface area contributed by atoms with Crippen LogP contribution in [0.3, 0.4) is 0 Å². The van der Waals surface area contributed by atoms with Gasteiger partial charge in [0.25, 0.3) is 0 Å². The SMILES string of the molecule is CC=Cc1cc(OC)c2c(c1)OC(c1cc(OC)c(O)c(OC)c1)C(C)O2. The summed E-state index contributed by atoms with van der Waals surface area (Å²) in [6.07, 6.45) is 3.20. The Hall–Kier alpha value is -3.02. The maximum Gasteiger partial charge on any atom is 0.204 e. The van der Waals surface area contributed by atoms with E-state index in [-0.39, 0.29) is 11.9 Å². The summed E-state index contributed by atoms with van der Waals surface area (Å²) in [5.74, 6) is 2.36. The summed E-state index contributed by atoms with van der Waals surface area (Å²) in [7, 11) is 4.58. The van der Waals surface area contributed by atoms with Gasteiger partial charge in [0.05, 0.1) is 21.3 Å². The summed E-state index contributed by atoms with van der Waals surface area (Å²) in [5.41, 5.74) is 1.72. The second-order valence-corrected chi connectivity index (χ2v) is 6.19. The van der Waals surface area contributed by atoms with Gasteiger partial charge in [0.1, 0.15) is 6.10 Å². The highest BCUT2D eigenvalue weighted by Crippen LogP contribution is 2.48. The first-order valence-corrected chi connectivity index (χ1v) is 8.65. The van der Waals surface area contributed by atoms with Crippen LogP contribution in [0.4, 0.5) is 0 Å². The molecule has 6 heteroatoms. The predicted octanol–water partition coefficient (Wildman–Crippen LogP) is 4.35. The van der Waals surface area contributed by atoms with E-state index in [2.05, 4.69) is 0 Å². The van der Waals surface area contributed by atoms with Gasteiger partial charge in [0, 0.05) is 5.56 Å². The Bertz CT molecular complexity index is 833. The quantitative estimate of drug-likeness (QED) is 0.842. The largest absolute Gasteiger partial charge is 0.502 e.